The number of fused-ring (bicyclic) bond motifs is 2. The van der Waals surface area contributed by atoms with Crippen LogP contribution in [-0.2, 0) is 0 Å². The molecule has 4 heteroatoms. The Balaban J connectivity index is 1.84. The average Bonchev–Trinajstić information content (AvgIpc) is 2.90. The van der Waals surface area contributed by atoms with Gasteiger partial charge in [-0.05, 0) is 48.1 Å². The van der Waals surface area contributed by atoms with Gasteiger partial charge in [-0.15, -0.1) is 0 Å². The summed E-state index contributed by atoms with van der Waals surface area (Å²) in [6, 6.07) is 3.62. The summed E-state index contributed by atoms with van der Waals surface area (Å²) in [6.45, 7) is 0.680. The zero-order chi connectivity index (χ0) is 11.8. The molecule has 2 aliphatic heterocycles. The van der Waals surface area contributed by atoms with Crippen molar-refractivity contribution in [2.45, 2.75) is 49.9 Å². The number of aliphatic hydroxyl groups is 1. The zero-order valence-electron chi connectivity index (χ0n) is 9.96. The molecule has 17 heavy (non-hydrogen) atoms. The first-order chi connectivity index (χ1) is 8.29. The van der Waals surface area contributed by atoms with Gasteiger partial charge < -0.3 is 10.8 Å². The molecule has 1 aromatic rings. The molecule has 2 saturated heterocycles. The Morgan fingerprint density at radius 3 is 2.65 bits per heavy atom. The molecule has 3 nitrogen and oxygen atoms in total. The molecule has 0 amide bonds. The van der Waals surface area contributed by atoms with E-state index >= 15 is 0 Å². The first kappa shape index (κ1) is 11.7. The third kappa shape index (κ3) is 2.03. The SMILES string of the molecule is NCC(c1ccsc1)N1C2CCC1CC(O)C2. The normalized spacial score (nSPS) is 35.1. The lowest BCUT2D eigenvalue weighted by Crippen LogP contribution is -2.48. The van der Waals surface area contributed by atoms with Crippen LogP contribution in [0.3, 0.4) is 0 Å². The van der Waals surface area contributed by atoms with E-state index in [1.807, 2.05) is 0 Å². The topological polar surface area (TPSA) is 49.5 Å². The third-order valence-electron chi connectivity index (χ3n) is 4.28. The number of aliphatic hydroxyl groups excluding tert-OH is 1. The molecule has 2 bridgehead atoms. The van der Waals surface area contributed by atoms with Gasteiger partial charge in [0.15, 0.2) is 0 Å². The monoisotopic (exact) mass is 252 g/mol. The molecule has 3 N–H and O–H groups in total. The number of rotatable bonds is 3. The van der Waals surface area contributed by atoms with Crippen LogP contribution in [0.5, 0.6) is 0 Å². The first-order valence-electron chi connectivity index (χ1n) is 6.47. The highest BCUT2D eigenvalue weighted by Crippen LogP contribution is 2.41. The van der Waals surface area contributed by atoms with Crippen LogP contribution in [0.15, 0.2) is 16.8 Å². The molecule has 3 rings (SSSR count). The molecular weight excluding hydrogens is 232 g/mol. The van der Waals surface area contributed by atoms with Crippen LogP contribution in [0, 0.1) is 0 Å². The minimum atomic E-state index is -0.0929. The summed E-state index contributed by atoms with van der Waals surface area (Å²) >= 11 is 1.74. The average molecular weight is 252 g/mol. The molecule has 3 atom stereocenters. The maximum absolute atomic E-state index is 9.84. The number of nitrogens with zero attached hydrogens (tertiary/aromatic N) is 1. The fraction of sp³-hybridized carbons (Fsp3) is 0.692. The van der Waals surface area contributed by atoms with Crippen LogP contribution in [0.1, 0.15) is 37.3 Å². The molecule has 0 spiro atoms. The lowest BCUT2D eigenvalue weighted by Gasteiger charge is -2.42. The second-order valence-electron chi connectivity index (χ2n) is 5.27. The van der Waals surface area contributed by atoms with Gasteiger partial charge in [0.1, 0.15) is 0 Å². The van der Waals surface area contributed by atoms with Crippen LogP contribution >= 0.6 is 11.3 Å². The maximum Gasteiger partial charge on any atom is 0.0570 e. The van der Waals surface area contributed by atoms with Crippen molar-refractivity contribution in [2.75, 3.05) is 6.54 Å². The lowest BCUT2D eigenvalue weighted by atomic mass is 9.96. The summed E-state index contributed by atoms with van der Waals surface area (Å²) in [5.74, 6) is 0. The molecule has 0 aliphatic carbocycles. The van der Waals surface area contributed by atoms with Gasteiger partial charge in [0.25, 0.3) is 0 Å². The van der Waals surface area contributed by atoms with Gasteiger partial charge in [-0.2, -0.15) is 11.3 Å². The summed E-state index contributed by atoms with van der Waals surface area (Å²) in [5, 5.41) is 14.2. The number of hydrogen-bond donors (Lipinski definition) is 2. The van der Waals surface area contributed by atoms with E-state index in [0.29, 0.717) is 24.7 Å². The van der Waals surface area contributed by atoms with Crippen molar-refractivity contribution in [3.63, 3.8) is 0 Å². The summed E-state index contributed by atoms with van der Waals surface area (Å²) in [4.78, 5) is 2.58. The lowest BCUT2D eigenvalue weighted by molar-refractivity contribution is 0.0116. The van der Waals surface area contributed by atoms with Crippen LogP contribution in [0.4, 0.5) is 0 Å². The van der Waals surface area contributed by atoms with Crippen molar-refractivity contribution < 1.29 is 5.11 Å². The fourth-order valence-corrected chi connectivity index (χ4v) is 4.30. The molecule has 2 aliphatic rings. The quantitative estimate of drug-likeness (QED) is 0.861. The standard InChI is InChI=1S/C13H20N2OS/c14-7-13(9-3-4-17-8-9)15-10-1-2-11(15)6-12(16)5-10/h3-4,8,10-13,16H,1-2,5-7,14H2. The predicted molar refractivity (Wildman–Crippen MR) is 70.0 cm³/mol. The molecule has 1 aromatic heterocycles. The zero-order valence-corrected chi connectivity index (χ0v) is 10.8. The van der Waals surface area contributed by atoms with Crippen molar-refractivity contribution in [1.29, 1.82) is 0 Å². The van der Waals surface area contributed by atoms with E-state index in [-0.39, 0.29) is 6.10 Å². The third-order valence-corrected chi connectivity index (χ3v) is 4.98. The van der Waals surface area contributed by atoms with Crippen LogP contribution in [0.2, 0.25) is 0 Å². The maximum atomic E-state index is 9.84. The number of piperidine rings is 1. The van der Waals surface area contributed by atoms with Gasteiger partial charge in [0.2, 0.25) is 0 Å². The van der Waals surface area contributed by atoms with Crippen molar-refractivity contribution in [1.82, 2.24) is 4.90 Å². The number of nitrogens with two attached hydrogens (primary N) is 1. The van der Waals surface area contributed by atoms with Gasteiger partial charge in [-0.3, -0.25) is 4.90 Å². The summed E-state index contributed by atoms with van der Waals surface area (Å²) < 4.78 is 0. The minimum Gasteiger partial charge on any atom is -0.393 e. The Bertz CT molecular complexity index is 354. The van der Waals surface area contributed by atoms with Crippen LogP contribution in [0.25, 0.3) is 0 Å². The van der Waals surface area contributed by atoms with Crippen molar-refractivity contribution in [3.05, 3.63) is 22.4 Å². The highest BCUT2D eigenvalue weighted by atomic mass is 32.1. The second kappa shape index (κ2) is 4.69. The van der Waals surface area contributed by atoms with E-state index < -0.39 is 0 Å². The number of thiophene rings is 1. The van der Waals surface area contributed by atoms with Crippen molar-refractivity contribution in [2.24, 2.45) is 5.73 Å². The Morgan fingerprint density at radius 1 is 1.41 bits per heavy atom. The molecule has 2 fully saturated rings. The Morgan fingerprint density at radius 2 is 2.12 bits per heavy atom. The van der Waals surface area contributed by atoms with Crippen LogP contribution < -0.4 is 5.73 Å². The fourth-order valence-electron chi connectivity index (χ4n) is 3.59. The molecule has 0 radical (unpaired) electrons. The minimum absolute atomic E-state index is 0.0929. The van der Waals surface area contributed by atoms with Gasteiger partial charge >= 0.3 is 0 Å². The Hall–Kier alpha value is -0.420. The molecular formula is C13H20N2OS. The summed E-state index contributed by atoms with van der Waals surface area (Å²) in [7, 11) is 0. The van der Waals surface area contributed by atoms with Gasteiger partial charge in [0.05, 0.1) is 6.10 Å². The summed E-state index contributed by atoms with van der Waals surface area (Å²) in [5.41, 5.74) is 7.33. The highest BCUT2D eigenvalue weighted by Gasteiger charge is 2.43. The predicted octanol–water partition coefficient (Wildman–Crippen LogP) is 1.74. The summed E-state index contributed by atoms with van der Waals surface area (Å²) in [6.07, 6.45) is 4.21. The number of hydrogen-bond acceptors (Lipinski definition) is 4. The van der Waals surface area contributed by atoms with E-state index in [9.17, 15) is 5.11 Å². The van der Waals surface area contributed by atoms with E-state index in [1.54, 1.807) is 11.3 Å². The van der Waals surface area contributed by atoms with E-state index in [0.717, 1.165) is 12.8 Å². The molecule has 94 valence electrons. The van der Waals surface area contributed by atoms with Crippen molar-refractivity contribution >= 4 is 11.3 Å². The molecule has 0 saturated carbocycles. The van der Waals surface area contributed by atoms with Gasteiger partial charge in [0, 0.05) is 24.7 Å². The van der Waals surface area contributed by atoms with Crippen LogP contribution in [-0.4, -0.2) is 34.7 Å². The highest BCUT2D eigenvalue weighted by molar-refractivity contribution is 7.07. The Kier molecular flexibility index (Phi) is 3.21. The molecule has 0 aromatic carbocycles. The van der Waals surface area contributed by atoms with E-state index in [1.165, 1.54) is 18.4 Å². The second-order valence-corrected chi connectivity index (χ2v) is 6.05. The van der Waals surface area contributed by atoms with Gasteiger partial charge in [-0.1, -0.05) is 0 Å². The van der Waals surface area contributed by atoms with Gasteiger partial charge in [-0.25, -0.2) is 0 Å². The van der Waals surface area contributed by atoms with E-state index in [2.05, 4.69) is 21.7 Å². The Labute approximate surface area is 106 Å². The van der Waals surface area contributed by atoms with Crippen molar-refractivity contribution in [3.8, 4) is 0 Å². The largest absolute Gasteiger partial charge is 0.393 e. The smallest absolute Gasteiger partial charge is 0.0570 e. The molecule has 3 heterocycles. The molecule has 3 unspecified atom stereocenters. The van der Waals surface area contributed by atoms with E-state index in [4.69, 9.17) is 5.73 Å². The first-order valence-corrected chi connectivity index (χ1v) is 7.41.